The Morgan fingerprint density at radius 2 is 1.86 bits per heavy atom. The van der Waals surface area contributed by atoms with Crippen LogP contribution in [0.1, 0.15) is 37.4 Å². The highest BCUT2D eigenvalue weighted by molar-refractivity contribution is 6.30. The first-order valence-electron chi connectivity index (χ1n) is 7.35. The minimum atomic E-state index is 0.188. The van der Waals surface area contributed by atoms with Crippen LogP contribution >= 0.6 is 11.6 Å². The SMILES string of the molecule is CCCOc1ccc(Cl)cc1NC(C)c1ccc(C)cc1. The van der Waals surface area contributed by atoms with Crippen LogP contribution in [0.4, 0.5) is 5.69 Å². The van der Waals surface area contributed by atoms with Gasteiger partial charge < -0.3 is 10.1 Å². The number of hydrogen-bond acceptors (Lipinski definition) is 2. The normalized spacial score (nSPS) is 12.0. The molecule has 0 aliphatic rings. The summed E-state index contributed by atoms with van der Waals surface area (Å²) in [6.45, 7) is 7.03. The monoisotopic (exact) mass is 303 g/mol. The van der Waals surface area contributed by atoms with Crippen molar-refractivity contribution in [2.45, 2.75) is 33.2 Å². The Hall–Kier alpha value is -1.67. The Kier molecular flexibility index (Phi) is 5.51. The van der Waals surface area contributed by atoms with Crippen molar-refractivity contribution in [2.24, 2.45) is 0 Å². The highest BCUT2D eigenvalue weighted by atomic mass is 35.5. The van der Waals surface area contributed by atoms with Crippen LogP contribution < -0.4 is 10.1 Å². The van der Waals surface area contributed by atoms with E-state index in [2.05, 4.69) is 50.4 Å². The van der Waals surface area contributed by atoms with Gasteiger partial charge in [-0.2, -0.15) is 0 Å². The van der Waals surface area contributed by atoms with E-state index in [0.717, 1.165) is 17.9 Å². The first-order chi connectivity index (χ1) is 10.1. The first kappa shape index (κ1) is 15.7. The fourth-order valence-electron chi connectivity index (χ4n) is 2.12. The van der Waals surface area contributed by atoms with Crippen molar-refractivity contribution < 1.29 is 4.74 Å². The van der Waals surface area contributed by atoms with Gasteiger partial charge in [-0.1, -0.05) is 48.4 Å². The van der Waals surface area contributed by atoms with Crippen LogP contribution in [0.15, 0.2) is 42.5 Å². The first-order valence-corrected chi connectivity index (χ1v) is 7.73. The van der Waals surface area contributed by atoms with Crippen molar-refractivity contribution in [2.75, 3.05) is 11.9 Å². The molecule has 3 heteroatoms. The molecule has 0 heterocycles. The van der Waals surface area contributed by atoms with E-state index in [1.54, 1.807) is 0 Å². The van der Waals surface area contributed by atoms with Gasteiger partial charge in [-0.05, 0) is 44.0 Å². The summed E-state index contributed by atoms with van der Waals surface area (Å²) in [5, 5.41) is 4.19. The zero-order chi connectivity index (χ0) is 15.2. The molecular formula is C18H22ClNO. The van der Waals surface area contributed by atoms with E-state index in [0.29, 0.717) is 11.6 Å². The third-order valence-electron chi connectivity index (χ3n) is 3.35. The van der Waals surface area contributed by atoms with Gasteiger partial charge in [0.05, 0.1) is 12.3 Å². The summed E-state index contributed by atoms with van der Waals surface area (Å²) >= 11 is 6.11. The third-order valence-corrected chi connectivity index (χ3v) is 3.59. The van der Waals surface area contributed by atoms with Crippen LogP contribution in [0, 0.1) is 6.92 Å². The summed E-state index contributed by atoms with van der Waals surface area (Å²) < 4.78 is 5.78. The lowest BCUT2D eigenvalue weighted by atomic mass is 10.1. The smallest absolute Gasteiger partial charge is 0.142 e. The van der Waals surface area contributed by atoms with Crippen molar-refractivity contribution in [3.05, 3.63) is 58.6 Å². The molecule has 112 valence electrons. The maximum absolute atomic E-state index is 6.11. The van der Waals surface area contributed by atoms with Gasteiger partial charge >= 0.3 is 0 Å². The van der Waals surface area contributed by atoms with Gasteiger partial charge in [0.25, 0.3) is 0 Å². The van der Waals surface area contributed by atoms with E-state index in [1.165, 1.54) is 11.1 Å². The highest BCUT2D eigenvalue weighted by Gasteiger charge is 2.10. The second-order valence-corrected chi connectivity index (χ2v) is 5.70. The van der Waals surface area contributed by atoms with Gasteiger partial charge in [-0.15, -0.1) is 0 Å². The van der Waals surface area contributed by atoms with Crippen LogP contribution in [0.25, 0.3) is 0 Å². The van der Waals surface area contributed by atoms with E-state index in [1.807, 2.05) is 18.2 Å². The summed E-state index contributed by atoms with van der Waals surface area (Å²) in [7, 11) is 0. The molecule has 2 aromatic carbocycles. The molecule has 21 heavy (non-hydrogen) atoms. The van der Waals surface area contributed by atoms with Crippen molar-refractivity contribution in [3.8, 4) is 5.75 Å². The van der Waals surface area contributed by atoms with Gasteiger partial charge in [0, 0.05) is 11.1 Å². The maximum atomic E-state index is 6.11. The summed E-state index contributed by atoms with van der Waals surface area (Å²) in [6, 6.07) is 14.4. The predicted molar refractivity (Wildman–Crippen MR) is 90.5 cm³/mol. The molecule has 0 bridgehead atoms. The fourth-order valence-corrected chi connectivity index (χ4v) is 2.30. The molecule has 1 unspecified atom stereocenters. The van der Waals surface area contributed by atoms with Crippen molar-refractivity contribution >= 4 is 17.3 Å². The van der Waals surface area contributed by atoms with E-state index >= 15 is 0 Å². The Balaban J connectivity index is 2.17. The molecule has 1 N–H and O–H groups in total. The highest BCUT2D eigenvalue weighted by Crippen LogP contribution is 2.31. The predicted octanol–water partition coefficient (Wildman–Crippen LogP) is 5.61. The third kappa shape index (κ3) is 4.40. The van der Waals surface area contributed by atoms with E-state index in [-0.39, 0.29) is 6.04 Å². The lowest BCUT2D eigenvalue weighted by molar-refractivity contribution is 0.318. The van der Waals surface area contributed by atoms with E-state index in [9.17, 15) is 0 Å². The summed E-state index contributed by atoms with van der Waals surface area (Å²) in [5.74, 6) is 0.847. The maximum Gasteiger partial charge on any atom is 0.142 e. The summed E-state index contributed by atoms with van der Waals surface area (Å²) in [4.78, 5) is 0. The minimum absolute atomic E-state index is 0.188. The molecule has 0 spiro atoms. The Morgan fingerprint density at radius 1 is 1.14 bits per heavy atom. The standard InChI is InChI=1S/C18H22ClNO/c1-4-11-21-18-10-9-16(19)12-17(18)20-14(3)15-7-5-13(2)6-8-15/h5-10,12,14,20H,4,11H2,1-3H3. The lowest BCUT2D eigenvalue weighted by Crippen LogP contribution is -2.08. The van der Waals surface area contributed by atoms with Crippen LogP contribution in [-0.4, -0.2) is 6.61 Å². The van der Waals surface area contributed by atoms with E-state index in [4.69, 9.17) is 16.3 Å². The largest absolute Gasteiger partial charge is 0.491 e. The summed E-state index contributed by atoms with van der Waals surface area (Å²) in [5.41, 5.74) is 3.44. The van der Waals surface area contributed by atoms with Gasteiger partial charge in [0.15, 0.2) is 0 Å². The molecule has 0 aromatic heterocycles. The molecule has 2 rings (SSSR count). The molecule has 0 radical (unpaired) electrons. The fraction of sp³-hybridized carbons (Fsp3) is 0.333. The van der Waals surface area contributed by atoms with Gasteiger partial charge in [-0.25, -0.2) is 0 Å². The molecular weight excluding hydrogens is 282 g/mol. The second-order valence-electron chi connectivity index (χ2n) is 5.27. The topological polar surface area (TPSA) is 21.3 Å². The van der Waals surface area contributed by atoms with Crippen molar-refractivity contribution in [1.82, 2.24) is 0 Å². The number of halogens is 1. The van der Waals surface area contributed by atoms with Crippen LogP contribution in [0.5, 0.6) is 5.75 Å². The molecule has 0 amide bonds. The zero-order valence-corrected chi connectivity index (χ0v) is 13.6. The lowest BCUT2D eigenvalue weighted by Gasteiger charge is -2.19. The van der Waals surface area contributed by atoms with Crippen LogP contribution in [0.2, 0.25) is 5.02 Å². The average molecular weight is 304 g/mol. The van der Waals surface area contributed by atoms with Crippen molar-refractivity contribution in [3.63, 3.8) is 0 Å². The summed E-state index contributed by atoms with van der Waals surface area (Å²) in [6.07, 6.45) is 0.982. The Morgan fingerprint density at radius 3 is 2.52 bits per heavy atom. The van der Waals surface area contributed by atoms with Crippen LogP contribution in [0.3, 0.4) is 0 Å². The van der Waals surface area contributed by atoms with Gasteiger partial charge in [0.1, 0.15) is 5.75 Å². The number of rotatable bonds is 6. The Bertz CT molecular complexity index is 580. The Labute approximate surface area is 132 Å². The molecule has 0 aliphatic carbocycles. The quantitative estimate of drug-likeness (QED) is 0.749. The zero-order valence-electron chi connectivity index (χ0n) is 12.8. The van der Waals surface area contributed by atoms with E-state index < -0.39 is 0 Å². The molecule has 0 fully saturated rings. The number of benzene rings is 2. The molecule has 2 aromatic rings. The average Bonchev–Trinajstić information content (AvgIpc) is 2.47. The van der Waals surface area contributed by atoms with Gasteiger partial charge in [0.2, 0.25) is 0 Å². The molecule has 2 nitrogen and oxygen atoms in total. The van der Waals surface area contributed by atoms with Crippen molar-refractivity contribution in [1.29, 1.82) is 0 Å². The number of ether oxygens (including phenoxy) is 1. The molecule has 0 saturated heterocycles. The number of anilines is 1. The molecule has 1 atom stereocenters. The number of nitrogens with one attached hydrogen (secondary N) is 1. The minimum Gasteiger partial charge on any atom is -0.491 e. The number of aryl methyl sites for hydroxylation is 1. The number of hydrogen-bond donors (Lipinski definition) is 1. The molecule has 0 aliphatic heterocycles. The second kappa shape index (κ2) is 7.37. The van der Waals surface area contributed by atoms with Crippen LogP contribution in [-0.2, 0) is 0 Å². The molecule has 0 saturated carbocycles. The van der Waals surface area contributed by atoms with Gasteiger partial charge in [-0.3, -0.25) is 0 Å².